The molecule has 1 aromatic heterocycles. The standard InChI is InChI=1S/C9H14ClN3OS/c1-6(2)13(5-4-10)9(14)8-7(3)11-12-15-8/h6H,4-5H2,1-3H3. The number of hydrogen-bond donors (Lipinski definition) is 0. The molecule has 15 heavy (non-hydrogen) atoms. The molecule has 0 aliphatic heterocycles. The van der Waals surface area contributed by atoms with Crippen LogP contribution >= 0.6 is 23.1 Å². The summed E-state index contributed by atoms with van der Waals surface area (Å²) in [6.45, 7) is 6.27. The van der Waals surface area contributed by atoms with E-state index < -0.39 is 0 Å². The fourth-order valence-electron chi connectivity index (χ4n) is 1.24. The van der Waals surface area contributed by atoms with E-state index >= 15 is 0 Å². The van der Waals surface area contributed by atoms with Crippen LogP contribution in [0.1, 0.15) is 29.2 Å². The molecule has 1 amide bonds. The summed E-state index contributed by atoms with van der Waals surface area (Å²) in [5.41, 5.74) is 0.685. The summed E-state index contributed by atoms with van der Waals surface area (Å²) in [7, 11) is 0. The van der Waals surface area contributed by atoms with Gasteiger partial charge < -0.3 is 4.90 Å². The lowest BCUT2D eigenvalue weighted by molar-refractivity contribution is 0.0722. The summed E-state index contributed by atoms with van der Waals surface area (Å²) in [5, 5.41) is 3.83. The van der Waals surface area contributed by atoms with Crippen LogP contribution in [0.25, 0.3) is 0 Å². The van der Waals surface area contributed by atoms with Gasteiger partial charge in [-0.25, -0.2) is 0 Å². The molecule has 0 aliphatic carbocycles. The van der Waals surface area contributed by atoms with Crippen LogP contribution < -0.4 is 0 Å². The summed E-state index contributed by atoms with van der Waals surface area (Å²) < 4.78 is 3.76. The van der Waals surface area contributed by atoms with Gasteiger partial charge in [0.1, 0.15) is 4.88 Å². The van der Waals surface area contributed by atoms with Crippen molar-refractivity contribution in [3.05, 3.63) is 10.6 Å². The first-order valence-electron chi connectivity index (χ1n) is 4.73. The minimum atomic E-state index is -0.0295. The van der Waals surface area contributed by atoms with Crippen LogP contribution in [0.3, 0.4) is 0 Å². The van der Waals surface area contributed by atoms with Gasteiger partial charge in [0.05, 0.1) is 5.69 Å². The van der Waals surface area contributed by atoms with E-state index in [4.69, 9.17) is 11.6 Å². The third-order valence-corrected chi connectivity index (χ3v) is 3.04. The number of hydrogen-bond acceptors (Lipinski definition) is 4. The second-order valence-electron chi connectivity index (χ2n) is 3.47. The van der Waals surface area contributed by atoms with Crippen LogP contribution in [0, 0.1) is 6.92 Å². The summed E-state index contributed by atoms with van der Waals surface area (Å²) >= 11 is 6.80. The van der Waals surface area contributed by atoms with E-state index in [1.807, 2.05) is 13.8 Å². The number of alkyl halides is 1. The SMILES string of the molecule is Cc1nnsc1C(=O)N(CCCl)C(C)C. The van der Waals surface area contributed by atoms with Gasteiger partial charge in [-0.2, -0.15) is 0 Å². The molecule has 1 heterocycles. The van der Waals surface area contributed by atoms with E-state index in [9.17, 15) is 4.79 Å². The molecule has 0 fully saturated rings. The zero-order valence-corrected chi connectivity index (χ0v) is 10.6. The summed E-state index contributed by atoms with van der Waals surface area (Å²) in [5.74, 6) is 0.410. The highest BCUT2D eigenvalue weighted by Crippen LogP contribution is 2.14. The second-order valence-corrected chi connectivity index (χ2v) is 4.60. The quantitative estimate of drug-likeness (QED) is 0.764. The van der Waals surface area contributed by atoms with E-state index in [0.29, 0.717) is 23.0 Å². The fraction of sp³-hybridized carbons (Fsp3) is 0.667. The number of carbonyl (C=O) groups excluding carboxylic acids is 1. The van der Waals surface area contributed by atoms with Crippen molar-refractivity contribution in [1.29, 1.82) is 0 Å². The fourth-order valence-corrected chi connectivity index (χ4v) is 2.04. The first-order chi connectivity index (χ1) is 7.07. The van der Waals surface area contributed by atoms with Gasteiger partial charge in [0.25, 0.3) is 5.91 Å². The molecule has 0 N–H and O–H groups in total. The van der Waals surface area contributed by atoms with Crippen molar-refractivity contribution >= 4 is 29.0 Å². The Morgan fingerprint density at radius 2 is 2.27 bits per heavy atom. The highest BCUT2D eigenvalue weighted by Gasteiger charge is 2.22. The Morgan fingerprint density at radius 1 is 1.60 bits per heavy atom. The molecule has 4 nitrogen and oxygen atoms in total. The molecule has 0 aliphatic rings. The number of amides is 1. The van der Waals surface area contributed by atoms with E-state index in [2.05, 4.69) is 9.59 Å². The number of halogens is 1. The lowest BCUT2D eigenvalue weighted by atomic mass is 10.2. The lowest BCUT2D eigenvalue weighted by Gasteiger charge is -2.25. The first kappa shape index (κ1) is 12.4. The second kappa shape index (κ2) is 5.42. The van der Waals surface area contributed by atoms with E-state index in [0.717, 1.165) is 11.5 Å². The van der Waals surface area contributed by atoms with Gasteiger partial charge in [-0.05, 0) is 32.3 Å². The molecular weight excluding hydrogens is 234 g/mol. The molecule has 1 aromatic rings. The maximum atomic E-state index is 12.1. The zero-order valence-electron chi connectivity index (χ0n) is 9.03. The normalized spacial score (nSPS) is 10.7. The van der Waals surface area contributed by atoms with Gasteiger partial charge in [-0.3, -0.25) is 4.79 Å². The minimum Gasteiger partial charge on any atom is -0.334 e. The van der Waals surface area contributed by atoms with Gasteiger partial charge in [0, 0.05) is 18.5 Å². The third kappa shape index (κ3) is 2.89. The number of nitrogens with zero attached hydrogens (tertiary/aromatic N) is 3. The Labute approximate surface area is 98.4 Å². The number of aromatic nitrogens is 2. The van der Waals surface area contributed by atoms with Crippen LogP contribution in [0.5, 0.6) is 0 Å². The molecular formula is C9H14ClN3OS. The minimum absolute atomic E-state index is 0.0295. The van der Waals surface area contributed by atoms with Gasteiger partial charge in [-0.1, -0.05) is 4.49 Å². The van der Waals surface area contributed by atoms with Crippen LogP contribution in [-0.4, -0.2) is 38.9 Å². The van der Waals surface area contributed by atoms with Crippen LogP contribution in [0.15, 0.2) is 0 Å². The van der Waals surface area contributed by atoms with Crippen LogP contribution in [0.4, 0.5) is 0 Å². The molecule has 0 saturated heterocycles. The largest absolute Gasteiger partial charge is 0.334 e. The molecule has 1 rings (SSSR count). The number of aryl methyl sites for hydroxylation is 1. The van der Waals surface area contributed by atoms with Crippen molar-refractivity contribution in [3.63, 3.8) is 0 Å². The van der Waals surface area contributed by atoms with Gasteiger partial charge in [-0.15, -0.1) is 16.7 Å². The van der Waals surface area contributed by atoms with Crippen molar-refractivity contribution in [2.75, 3.05) is 12.4 Å². The third-order valence-electron chi connectivity index (χ3n) is 2.06. The molecule has 0 bridgehead atoms. The van der Waals surface area contributed by atoms with Gasteiger partial charge in [0.15, 0.2) is 0 Å². The predicted octanol–water partition coefficient (Wildman–Crippen LogP) is 1.94. The molecule has 0 spiro atoms. The van der Waals surface area contributed by atoms with Crippen molar-refractivity contribution in [2.45, 2.75) is 26.8 Å². The molecule has 0 aromatic carbocycles. The highest BCUT2D eigenvalue weighted by molar-refractivity contribution is 7.07. The predicted molar refractivity (Wildman–Crippen MR) is 61.5 cm³/mol. The molecule has 0 saturated carbocycles. The Balaban J connectivity index is 2.86. The van der Waals surface area contributed by atoms with E-state index in [1.54, 1.807) is 11.8 Å². The molecule has 0 atom stereocenters. The van der Waals surface area contributed by atoms with E-state index in [-0.39, 0.29) is 11.9 Å². The van der Waals surface area contributed by atoms with Gasteiger partial charge >= 0.3 is 0 Å². The Kier molecular flexibility index (Phi) is 4.47. The van der Waals surface area contributed by atoms with Crippen molar-refractivity contribution in [2.24, 2.45) is 0 Å². The maximum absolute atomic E-state index is 12.1. The molecule has 6 heteroatoms. The van der Waals surface area contributed by atoms with Crippen LogP contribution in [-0.2, 0) is 0 Å². The highest BCUT2D eigenvalue weighted by atomic mass is 35.5. The first-order valence-corrected chi connectivity index (χ1v) is 6.04. The van der Waals surface area contributed by atoms with Crippen molar-refractivity contribution < 1.29 is 4.79 Å². The summed E-state index contributed by atoms with van der Waals surface area (Å²) in [6, 6.07) is 0.137. The molecule has 0 radical (unpaired) electrons. The zero-order chi connectivity index (χ0) is 11.4. The number of rotatable bonds is 4. The van der Waals surface area contributed by atoms with Gasteiger partial charge in [0.2, 0.25) is 0 Å². The molecule has 84 valence electrons. The van der Waals surface area contributed by atoms with E-state index in [1.165, 1.54) is 0 Å². The summed E-state index contributed by atoms with van der Waals surface area (Å²) in [6.07, 6.45) is 0. The monoisotopic (exact) mass is 247 g/mol. The van der Waals surface area contributed by atoms with Crippen LogP contribution in [0.2, 0.25) is 0 Å². The average Bonchev–Trinajstić information content (AvgIpc) is 2.59. The average molecular weight is 248 g/mol. The smallest absolute Gasteiger partial charge is 0.267 e. The molecule has 0 unspecified atom stereocenters. The Bertz CT molecular complexity index is 340. The van der Waals surface area contributed by atoms with Crippen molar-refractivity contribution in [3.8, 4) is 0 Å². The maximum Gasteiger partial charge on any atom is 0.267 e. The summed E-state index contributed by atoms with van der Waals surface area (Å²) in [4.78, 5) is 14.4. The Morgan fingerprint density at radius 3 is 2.67 bits per heavy atom. The topological polar surface area (TPSA) is 46.1 Å². The lowest BCUT2D eigenvalue weighted by Crippen LogP contribution is -2.38. The van der Waals surface area contributed by atoms with Crippen molar-refractivity contribution in [1.82, 2.24) is 14.5 Å². The number of carbonyl (C=O) groups is 1. The Hall–Kier alpha value is -0.680.